The molecular weight excluding hydrogens is 334 g/mol. The van der Waals surface area contributed by atoms with E-state index in [-0.39, 0.29) is 4.90 Å². The molecule has 1 unspecified atom stereocenters. The molecule has 3 rings (SSSR count). The van der Waals surface area contributed by atoms with E-state index < -0.39 is 16.1 Å². The van der Waals surface area contributed by atoms with Crippen LogP contribution in [0.15, 0.2) is 71.3 Å². The second-order valence-electron chi connectivity index (χ2n) is 6.20. The number of hydroxylamine groups is 1. The van der Waals surface area contributed by atoms with Gasteiger partial charge in [-0.15, -0.1) is 0 Å². The van der Waals surface area contributed by atoms with Crippen LogP contribution in [-0.4, -0.2) is 12.9 Å². The Labute approximate surface area is 149 Å². The zero-order valence-corrected chi connectivity index (χ0v) is 15.4. The van der Waals surface area contributed by atoms with Crippen LogP contribution in [0.25, 0.3) is 0 Å². The summed E-state index contributed by atoms with van der Waals surface area (Å²) in [6.45, 7) is 4.09. The van der Waals surface area contributed by atoms with E-state index in [2.05, 4.69) is 6.92 Å². The average molecular weight is 357 g/mol. The second-order valence-corrected chi connectivity index (χ2v) is 7.98. The predicted molar refractivity (Wildman–Crippen MR) is 98.1 cm³/mol. The van der Waals surface area contributed by atoms with Gasteiger partial charge < -0.3 is 4.84 Å². The molecule has 25 heavy (non-hydrogen) atoms. The summed E-state index contributed by atoms with van der Waals surface area (Å²) in [6.07, 6.45) is 4.66. The van der Waals surface area contributed by atoms with E-state index >= 15 is 0 Å². The van der Waals surface area contributed by atoms with E-state index in [0.29, 0.717) is 0 Å². The minimum Gasteiger partial charge on any atom is -0.395 e. The molecule has 132 valence electrons. The maximum atomic E-state index is 13.1. The molecule has 0 aliphatic carbocycles. The molecule has 0 N–H and O–H groups in total. The van der Waals surface area contributed by atoms with E-state index in [1.165, 1.54) is 0 Å². The largest absolute Gasteiger partial charge is 0.395 e. The van der Waals surface area contributed by atoms with Crippen molar-refractivity contribution in [3.63, 3.8) is 0 Å². The fourth-order valence-electron chi connectivity index (χ4n) is 2.94. The van der Waals surface area contributed by atoms with E-state index in [1.54, 1.807) is 30.3 Å². The lowest BCUT2D eigenvalue weighted by atomic mass is 10.0. The minimum atomic E-state index is -3.75. The van der Waals surface area contributed by atoms with Crippen molar-refractivity contribution in [3.05, 3.63) is 77.6 Å². The third-order valence-electron chi connectivity index (χ3n) is 4.34. The fourth-order valence-corrected chi connectivity index (χ4v) is 4.31. The Bertz CT molecular complexity index is 860. The van der Waals surface area contributed by atoms with Crippen LogP contribution in [0.2, 0.25) is 0 Å². The molecule has 0 amide bonds. The van der Waals surface area contributed by atoms with E-state index in [0.717, 1.165) is 40.6 Å². The third kappa shape index (κ3) is 3.62. The molecule has 0 saturated carbocycles. The first-order valence-corrected chi connectivity index (χ1v) is 10.0. The molecule has 2 aromatic rings. The van der Waals surface area contributed by atoms with Gasteiger partial charge in [-0.25, -0.2) is 8.42 Å². The van der Waals surface area contributed by atoms with Gasteiger partial charge in [0.15, 0.2) is 0 Å². The first kappa shape index (κ1) is 17.7. The Balaban J connectivity index is 2.01. The van der Waals surface area contributed by atoms with Gasteiger partial charge in [-0.3, -0.25) is 0 Å². The summed E-state index contributed by atoms with van der Waals surface area (Å²) < 4.78 is 27.4. The van der Waals surface area contributed by atoms with Crippen molar-refractivity contribution in [3.8, 4) is 0 Å². The number of allylic oxidation sites excluding steroid dienone is 1. The lowest BCUT2D eigenvalue weighted by Gasteiger charge is -2.24. The Morgan fingerprint density at radius 3 is 2.40 bits per heavy atom. The quantitative estimate of drug-likeness (QED) is 0.750. The number of hydrogen-bond donors (Lipinski definition) is 0. The molecule has 4 nitrogen and oxygen atoms in total. The number of unbranched alkanes of at least 4 members (excludes halogenated alkanes) is 1. The van der Waals surface area contributed by atoms with Crippen molar-refractivity contribution in [2.75, 3.05) is 0 Å². The van der Waals surface area contributed by atoms with E-state index in [4.69, 9.17) is 4.84 Å². The Morgan fingerprint density at radius 2 is 1.72 bits per heavy atom. The molecule has 0 aromatic heterocycles. The molecule has 2 aromatic carbocycles. The fraction of sp³-hybridized carbons (Fsp3) is 0.300. The van der Waals surface area contributed by atoms with Gasteiger partial charge in [-0.1, -0.05) is 55.8 Å². The average Bonchev–Trinajstić information content (AvgIpc) is 3.06. The minimum absolute atomic E-state index is 0.235. The van der Waals surface area contributed by atoms with Crippen LogP contribution in [0.4, 0.5) is 0 Å². The van der Waals surface area contributed by atoms with Gasteiger partial charge in [0.05, 0.1) is 4.90 Å². The van der Waals surface area contributed by atoms with E-state index in [1.807, 2.05) is 37.3 Å². The lowest BCUT2D eigenvalue weighted by molar-refractivity contribution is -0.0356. The third-order valence-corrected chi connectivity index (χ3v) is 5.98. The highest BCUT2D eigenvalue weighted by Crippen LogP contribution is 2.38. The highest BCUT2D eigenvalue weighted by molar-refractivity contribution is 7.89. The molecule has 1 heterocycles. The van der Waals surface area contributed by atoms with Crippen LogP contribution >= 0.6 is 0 Å². The summed E-state index contributed by atoms with van der Waals surface area (Å²) in [5.41, 5.74) is 1.98. The van der Waals surface area contributed by atoms with Crippen molar-refractivity contribution in [1.29, 1.82) is 0 Å². The highest BCUT2D eigenvalue weighted by Gasteiger charge is 2.39. The van der Waals surface area contributed by atoms with Gasteiger partial charge >= 0.3 is 0 Å². The normalized spacial score (nSPS) is 18.0. The molecule has 5 heteroatoms. The van der Waals surface area contributed by atoms with Crippen LogP contribution in [0.5, 0.6) is 0 Å². The maximum absolute atomic E-state index is 13.1. The molecule has 1 aliphatic heterocycles. The van der Waals surface area contributed by atoms with Gasteiger partial charge in [-0.05, 0) is 47.1 Å². The number of aryl methyl sites for hydroxylation is 1. The SMILES string of the molecule is CCCCC1=CC(c2ccccc2C)N(S(=O)(=O)c2ccccc2)O1. The summed E-state index contributed by atoms with van der Waals surface area (Å²) >= 11 is 0. The van der Waals surface area contributed by atoms with Crippen molar-refractivity contribution < 1.29 is 13.3 Å². The topological polar surface area (TPSA) is 46.6 Å². The molecule has 0 radical (unpaired) electrons. The highest BCUT2D eigenvalue weighted by atomic mass is 32.2. The number of rotatable bonds is 6. The monoisotopic (exact) mass is 357 g/mol. The molecular formula is C20H23NO3S. The Hall–Kier alpha value is -2.11. The van der Waals surface area contributed by atoms with Crippen LogP contribution < -0.4 is 0 Å². The molecule has 1 aliphatic rings. The summed E-state index contributed by atoms with van der Waals surface area (Å²) in [5, 5.41) is 0. The Morgan fingerprint density at radius 1 is 1.04 bits per heavy atom. The first-order chi connectivity index (χ1) is 12.0. The van der Waals surface area contributed by atoms with Crippen LogP contribution in [0.1, 0.15) is 43.4 Å². The van der Waals surface area contributed by atoms with Crippen LogP contribution in [0, 0.1) is 6.92 Å². The standard InChI is InChI=1S/C20H23NO3S/c1-3-4-11-17-15-20(19-14-9-8-10-16(19)2)21(24-17)25(22,23)18-12-6-5-7-13-18/h5-10,12-15,20H,3-4,11H2,1-2H3. The zero-order chi connectivity index (χ0) is 17.9. The molecule has 0 bridgehead atoms. The summed E-state index contributed by atoms with van der Waals surface area (Å²) in [7, 11) is -3.75. The summed E-state index contributed by atoms with van der Waals surface area (Å²) in [5.74, 6) is 0.717. The maximum Gasteiger partial charge on any atom is 0.274 e. The number of hydrogen-bond acceptors (Lipinski definition) is 3. The van der Waals surface area contributed by atoms with Crippen LogP contribution in [-0.2, 0) is 14.9 Å². The van der Waals surface area contributed by atoms with Gasteiger partial charge in [0.1, 0.15) is 11.8 Å². The zero-order valence-electron chi connectivity index (χ0n) is 14.6. The summed E-state index contributed by atoms with van der Waals surface area (Å²) in [6, 6.07) is 15.8. The summed E-state index contributed by atoms with van der Waals surface area (Å²) in [4.78, 5) is 6.05. The number of benzene rings is 2. The van der Waals surface area contributed by atoms with E-state index in [9.17, 15) is 8.42 Å². The van der Waals surface area contributed by atoms with Gasteiger partial charge in [0.2, 0.25) is 0 Å². The van der Waals surface area contributed by atoms with Gasteiger partial charge in [0.25, 0.3) is 10.0 Å². The van der Waals surface area contributed by atoms with Gasteiger partial charge in [0, 0.05) is 6.42 Å². The van der Waals surface area contributed by atoms with Crippen molar-refractivity contribution in [2.24, 2.45) is 0 Å². The smallest absolute Gasteiger partial charge is 0.274 e. The van der Waals surface area contributed by atoms with Crippen molar-refractivity contribution in [2.45, 2.75) is 44.0 Å². The van der Waals surface area contributed by atoms with Crippen molar-refractivity contribution >= 4 is 10.0 Å². The lowest BCUT2D eigenvalue weighted by Crippen LogP contribution is -2.30. The molecule has 1 atom stereocenters. The second kappa shape index (κ2) is 7.42. The predicted octanol–water partition coefficient (Wildman–Crippen LogP) is 4.75. The molecule has 0 spiro atoms. The number of nitrogens with zero attached hydrogens (tertiary/aromatic N) is 1. The van der Waals surface area contributed by atoms with Gasteiger partial charge in [-0.2, -0.15) is 0 Å². The molecule has 0 saturated heterocycles. The first-order valence-electron chi connectivity index (χ1n) is 8.57. The van der Waals surface area contributed by atoms with Crippen molar-refractivity contribution in [1.82, 2.24) is 4.47 Å². The van der Waals surface area contributed by atoms with Crippen LogP contribution in [0.3, 0.4) is 0 Å². The Kier molecular flexibility index (Phi) is 5.25. The molecule has 0 fully saturated rings. The number of sulfonamides is 1.